The summed E-state index contributed by atoms with van der Waals surface area (Å²) < 4.78 is 10.7. The molecule has 2 amide bonds. The molecular formula is C19H22N2O4S. The minimum absolute atomic E-state index is 0.0514. The Hall–Kier alpha value is -2.54. The fourth-order valence-electron chi connectivity index (χ4n) is 2.72. The minimum Gasteiger partial charge on any atom is -0.494 e. The standard InChI is InChI=1S/C19H22N2O4S/c1-2-24-15-8-5-14(6-9-15)7-10-17(22)20-12-16-13-21(19(23)25-16)18-4-3-11-26-18/h3-6,8-9,11,16H,2,7,10,12-13H2,1H3,(H,20,22). The van der Waals surface area contributed by atoms with Crippen molar-refractivity contribution in [2.75, 3.05) is 24.6 Å². The Balaban J connectivity index is 1.39. The van der Waals surface area contributed by atoms with E-state index in [9.17, 15) is 9.59 Å². The molecule has 3 rings (SSSR count). The third-order valence-electron chi connectivity index (χ3n) is 4.05. The third-order valence-corrected chi connectivity index (χ3v) is 4.94. The van der Waals surface area contributed by atoms with Crippen molar-refractivity contribution in [2.24, 2.45) is 0 Å². The fraction of sp³-hybridized carbons (Fsp3) is 0.368. The SMILES string of the molecule is CCOc1ccc(CCC(=O)NCC2CN(c3cccs3)C(=O)O2)cc1. The summed E-state index contributed by atoms with van der Waals surface area (Å²) in [6.45, 7) is 3.37. The van der Waals surface area contributed by atoms with E-state index < -0.39 is 0 Å². The molecule has 1 aromatic heterocycles. The van der Waals surface area contributed by atoms with Gasteiger partial charge in [0.2, 0.25) is 5.91 Å². The number of rotatable bonds is 8. The van der Waals surface area contributed by atoms with Crippen molar-refractivity contribution < 1.29 is 19.1 Å². The lowest BCUT2D eigenvalue weighted by Crippen LogP contribution is -2.34. The number of nitrogens with one attached hydrogen (secondary N) is 1. The second kappa shape index (κ2) is 8.71. The van der Waals surface area contributed by atoms with E-state index in [1.165, 1.54) is 11.3 Å². The van der Waals surface area contributed by atoms with Crippen LogP contribution in [0.4, 0.5) is 9.80 Å². The summed E-state index contributed by atoms with van der Waals surface area (Å²) in [6.07, 6.45) is 0.368. The Morgan fingerprint density at radius 3 is 2.85 bits per heavy atom. The highest BCUT2D eigenvalue weighted by Crippen LogP contribution is 2.26. The number of carbonyl (C=O) groups is 2. The van der Waals surface area contributed by atoms with Gasteiger partial charge >= 0.3 is 6.09 Å². The van der Waals surface area contributed by atoms with E-state index in [1.54, 1.807) is 4.90 Å². The average molecular weight is 374 g/mol. The van der Waals surface area contributed by atoms with Gasteiger partial charge < -0.3 is 14.8 Å². The van der Waals surface area contributed by atoms with Gasteiger partial charge in [0.1, 0.15) is 16.9 Å². The Bertz CT molecular complexity index is 731. The number of aryl methyl sites for hydroxylation is 1. The minimum atomic E-state index is -0.360. The molecule has 7 heteroatoms. The first kappa shape index (κ1) is 18.3. The third kappa shape index (κ3) is 4.76. The largest absolute Gasteiger partial charge is 0.494 e. The van der Waals surface area contributed by atoms with Gasteiger partial charge in [0.15, 0.2) is 0 Å². The summed E-state index contributed by atoms with van der Waals surface area (Å²) in [5.74, 6) is 0.781. The van der Waals surface area contributed by atoms with E-state index in [0.717, 1.165) is 16.3 Å². The maximum absolute atomic E-state index is 12.0. The Kier molecular flexibility index (Phi) is 6.12. The molecule has 1 aromatic carbocycles. The first-order valence-corrected chi connectivity index (χ1v) is 9.53. The average Bonchev–Trinajstić information content (AvgIpc) is 3.29. The lowest BCUT2D eigenvalue weighted by molar-refractivity contribution is -0.121. The van der Waals surface area contributed by atoms with E-state index >= 15 is 0 Å². The topological polar surface area (TPSA) is 67.9 Å². The van der Waals surface area contributed by atoms with Gasteiger partial charge in [-0.05, 0) is 48.6 Å². The van der Waals surface area contributed by atoms with Gasteiger partial charge in [-0.3, -0.25) is 9.69 Å². The summed E-state index contributed by atoms with van der Waals surface area (Å²) in [6, 6.07) is 11.5. The van der Waals surface area contributed by atoms with Gasteiger partial charge in [-0.15, -0.1) is 11.3 Å². The van der Waals surface area contributed by atoms with Crippen LogP contribution in [-0.4, -0.2) is 37.8 Å². The molecule has 1 unspecified atom stereocenters. The van der Waals surface area contributed by atoms with Crippen LogP contribution < -0.4 is 15.0 Å². The number of thiophene rings is 1. The number of hydrogen-bond acceptors (Lipinski definition) is 5. The molecule has 26 heavy (non-hydrogen) atoms. The van der Waals surface area contributed by atoms with Crippen molar-refractivity contribution in [1.82, 2.24) is 5.32 Å². The van der Waals surface area contributed by atoms with Crippen LogP contribution in [0.3, 0.4) is 0 Å². The summed E-state index contributed by atoms with van der Waals surface area (Å²) in [5, 5.41) is 5.62. The lowest BCUT2D eigenvalue weighted by atomic mass is 10.1. The molecule has 1 aliphatic rings. The lowest BCUT2D eigenvalue weighted by Gasteiger charge is -2.11. The Morgan fingerprint density at radius 1 is 1.35 bits per heavy atom. The fourth-order valence-corrected chi connectivity index (χ4v) is 3.45. The molecular weight excluding hydrogens is 352 g/mol. The summed E-state index contributed by atoms with van der Waals surface area (Å²) in [5.41, 5.74) is 1.08. The van der Waals surface area contributed by atoms with Crippen molar-refractivity contribution >= 4 is 28.3 Å². The van der Waals surface area contributed by atoms with Gasteiger partial charge in [0.25, 0.3) is 0 Å². The highest BCUT2D eigenvalue weighted by Gasteiger charge is 2.32. The number of cyclic esters (lactones) is 1. The summed E-state index contributed by atoms with van der Waals surface area (Å²) >= 11 is 1.49. The Labute approximate surface area is 156 Å². The second-order valence-electron chi connectivity index (χ2n) is 5.95. The van der Waals surface area contributed by atoms with Crippen LogP contribution in [0, 0.1) is 0 Å². The number of amides is 2. The molecule has 0 aliphatic carbocycles. The van der Waals surface area contributed by atoms with Crippen molar-refractivity contribution in [1.29, 1.82) is 0 Å². The molecule has 1 fully saturated rings. The predicted molar refractivity (Wildman–Crippen MR) is 101 cm³/mol. The number of anilines is 1. The van der Waals surface area contributed by atoms with Gasteiger partial charge in [0, 0.05) is 6.42 Å². The van der Waals surface area contributed by atoms with E-state index in [0.29, 0.717) is 32.5 Å². The van der Waals surface area contributed by atoms with Crippen LogP contribution in [0.1, 0.15) is 18.9 Å². The maximum Gasteiger partial charge on any atom is 0.415 e. The first-order valence-electron chi connectivity index (χ1n) is 8.66. The number of carbonyl (C=O) groups excluding carboxylic acids is 2. The number of ether oxygens (including phenoxy) is 2. The zero-order valence-electron chi connectivity index (χ0n) is 14.6. The van der Waals surface area contributed by atoms with Gasteiger partial charge in [0.05, 0.1) is 19.7 Å². The van der Waals surface area contributed by atoms with Crippen LogP contribution in [-0.2, 0) is 16.0 Å². The van der Waals surface area contributed by atoms with E-state index in [1.807, 2.05) is 48.7 Å². The highest BCUT2D eigenvalue weighted by atomic mass is 32.1. The predicted octanol–water partition coefficient (Wildman–Crippen LogP) is 3.22. The zero-order valence-corrected chi connectivity index (χ0v) is 15.5. The summed E-state index contributed by atoms with van der Waals surface area (Å²) in [7, 11) is 0. The number of nitrogens with zero attached hydrogens (tertiary/aromatic N) is 1. The molecule has 1 atom stereocenters. The van der Waals surface area contributed by atoms with Crippen molar-refractivity contribution in [2.45, 2.75) is 25.9 Å². The molecule has 0 radical (unpaired) electrons. The molecule has 6 nitrogen and oxygen atoms in total. The second-order valence-corrected chi connectivity index (χ2v) is 6.87. The van der Waals surface area contributed by atoms with Crippen molar-refractivity contribution in [3.63, 3.8) is 0 Å². The first-order chi connectivity index (χ1) is 12.7. The molecule has 0 spiro atoms. The maximum atomic E-state index is 12.0. The Morgan fingerprint density at radius 2 is 2.15 bits per heavy atom. The van der Waals surface area contributed by atoms with Crippen molar-refractivity contribution in [3.05, 3.63) is 47.3 Å². The molecule has 2 heterocycles. The monoisotopic (exact) mass is 374 g/mol. The van der Waals surface area contributed by atoms with Crippen LogP contribution in [0.2, 0.25) is 0 Å². The van der Waals surface area contributed by atoms with Gasteiger partial charge in [-0.1, -0.05) is 12.1 Å². The van der Waals surface area contributed by atoms with E-state index in [2.05, 4.69) is 5.32 Å². The molecule has 1 aliphatic heterocycles. The number of benzene rings is 1. The molecule has 138 valence electrons. The van der Waals surface area contributed by atoms with E-state index in [4.69, 9.17) is 9.47 Å². The molecule has 1 N–H and O–H groups in total. The van der Waals surface area contributed by atoms with Gasteiger partial charge in [-0.25, -0.2) is 4.79 Å². The smallest absolute Gasteiger partial charge is 0.415 e. The molecule has 0 bridgehead atoms. The molecule has 1 saturated heterocycles. The van der Waals surface area contributed by atoms with E-state index in [-0.39, 0.29) is 18.1 Å². The van der Waals surface area contributed by atoms with Crippen LogP contribution in [0.25, 0.3) is 0 Å². The quantitative estimate of drug-likeness (QED) is 0.770. The molecule has 0 saturated carbocycles. The van der Waals surface area contributed by atoms with Crippen LogP contribution >= 0.6 is 11.3 Å². The van der Waals surface area contributed by atoms with Crippen molar-refractivity contribution in [3.8, 4) is 5.75 Å². The zero-order chi connectivity index (χ0) is 18.4. The van der Waals surface area contributed by atoms with Crippen LogP contribution in [0.5, 0.6) is 5.75 Å². The molecule has 2 aromatic rings. The van der Waals surface area contributed by atoms with Gasteiger partial charge in [-0.2, -0.15) is 0 Å². The van der Waals surface area contributed by atoms with Crippen LogP contribution in [0.15, 0.2) is 41.8 Å². The highest BCUT2D eigenvalue weighted by molar-refractivity contribution is 7.14. The normalized spacial score (nSPS) is 16.4. The number of hydrogen-bond donors (Lipinski definition) is 1. The summed E-state index contributed by atoms with van der Waals surface area (Å²) in [4.78, 5) is 25.5.